The van der Waals surface area contributed by atoms with Gasteiger partial charge in [-0.25, -0.2) is 8.42 Å². The van der Waals surface area contributed by atoms with Gasteiger partial charge in [0.1, 0.15) is 12.6 Å². The number of rotatable bonds is 9. The number of nitrogens with zero attached hydrogens (tertiary/aromatic N) is 2. The van der Waals surface area contributed by atoms with E-state index in [1.807, 2.05) is 31.2 Å². The number of sulfonamides is 1. The minimum Gasteiger partial charge on any atom is -0.355 e. The highest BCUT2D eigenvalue weighted by Gasteiger charge is 2.30. The van der Waals surface area contributed by atoms with Gasteiger partial charge in [-0.3, -0.25) is 13.9 Å². The lowest BCUT2D eigenvalue weighted by atomic mass is 10.1. The van der Waals surface area contributed by atoms with E-state index in [2.05, 4.69) is 21.2 Å². The molecule has 0 aliphatic heterocycles. The first-order chi connectivity index (χ1) is 14.5. The van der Waals surface area contributed by atoms with E-state index in [1.165, 1.54) is 4.90 Å². The van der Waals surface area contributed by atoms with Crippen LogP contribution in [0.25, 0.3) is 0 Å². The number of carbonyl (C=O) groups excluding carboxylic acids is 2. The van der Waals surface area contributed by atoms with Crippen LogP contribution in [0.2, 0.25) is 0 Å². The standard InChI is InChI=1S/C22H28BrN3O4S/c1-5-24-22(28)17(3)25(14-18-10-8-9-16(2)13-18)21(27)15-26(31(4,29)30)20-12-7-6-11-19(20)23/h6-13,17H,5,14-15H2,1-4H3,(H,24,28). The van der Waals surface area contributed by atoms with Gasteiger partial charge in [0.05, 0.1) is 11.9 Å². The van der Waals surface area contributed by atoms with Crippen molar-refractivity contribution in [3.63, 3.8) is 0 Å². The highest BCUT2D eigenvalue weighted by Crippen LogP contribution is 2.28. The SMILES string of the molecule is CCNC(=O)C(C)N(Cc1cccc(C)c1)C(=O)CN(c1ccccc1Br)S(C)(=O)=O. The maximum atomic E-state index is 13.3. The molecule has 0 saturated heterocycles. The van der Waals surface area contributed by atoms with E-state index in [1.54, 1.807) is 38.1 Å². The van der Waals surface area contributed by atoms with Crippen LogP contribution in [0.15, 0.2) is 53.0 Å². The summed E-state index contributed by atoms with van der Waals surface area (Å²) in [6.07, 6.45) is 1.05. The maximum Gasteiger partial charge on any atom is 0.244 e. The van der Waals surface area contributed by atoms with Crippen molar-refractivity contribution < 1.29 is 18.0 Å². The van der Waals surface area contributed by atoms with Gasteiger partial charge in [-0.05, 0) is 54.4 Å². The zero-order chi connectivity index (χ0) is 23.2. The summed E-state index contributed by atoms with van der Waals surface area (Å²) in [5, 5.41) is 2.73. The summed E-state index contributed by atoms with van der Waals surface area (Å²) in [7, 11) is -3.75. The zero-order valence-corrected chi connectivity index (χ0v) is 20.5. The number of hydrogen-bond donors (Lipinski definition) is 1. The molecule has 2 aromatic carbocycles. The first-order valence-corrected chi connectivity index (χ1v) is 12.5. The van der Waals surface area contributed by atoms with E-state index >= 15 is 0 Å². The number of likely N-dealkylation sites (N-methyl/N-ethyl adjacent to an activating group) is 1. The van der Waals surface area contributed by atoms with Crippen molar-refractivity contribution >= 4 is 43.5 Å². The Labute approximate surface area is 192 Å². The number of carbonyl (C=O) groups is 2. The molecule has 0 aliphatic carbocycles. The number of aryl methyl sites for hydroxylation is 1. The molecule has 0 bridgehead atoms. The number of nitrogens with one attached hydrogen (secondary N) is 1. The van der Waals surface area contributed by atoms with Gasteiger partial charge in [0.25, 0.3) is 0 Å². The molecule has 31 heavy (non-hydrogen) atoms. The second-order valence-electron chi connectivity index (χ2n) is 7.30. The Morgan fingerprint density at radius 1 is 1.13 bits per heavy atom. The minimum absolute atomic E-state index is 0.187. The fraction of sp³-hybridized carbons (Fsp3) is 0.364. The summed E-state index contributed by atoms with van der Waals surface area (Å²) in [6.45, 7) is 5.59. The molecule has 0 aromatic heterocycles. The molecule has 0 aliphatic rings. The van der Waals surface area contributed by atoms with Gasteiger partial charge in [-0.1, -0.05) is 42.0 Å². The largest absolute Gasteiger partial charge is 0.355 e. The van der Waals surface area contributed by atoms with Crippen molar-refractivity contribution in [2.24, 2.45) is 0 Å². The third kappa shape index (κ3) is 6.80. The van der Waals surface area contributed by atoms with E-state index in [0.717, 1.165) is 21.7 Å². The Morgan fingerprint density at radius 3 is 2.39 bits per heavy atom. The summed E-state index contributed by atoms with van der Waals surface area (Å²) in [4.78, 5) is 27.3. The smallest absolute Gasteiger partial charge is 0.244 e. The Bertz CT molecular complexity index is 1040. The summed E-state index contributed by atoms with van der Waals surface area (Å²) in [6, 6.07) is 13.7. The van der Waals surface area contributed by atoms with Crippen molar-refractivity contribution in [1.82, 2.24) is 10.2 Å². The van der Waals surface area contributed by atoms with Crippen LogP contribution < -0.4 is 9.62 Å². The Hall–Kier alpha value is -2.39. The Morgan fingerprint density at radius 2 is 1.81 bits per heavy atom. The monoisotopic (exact) mass is 509 g/mol. The average molecular weight is 510 g/mol. The van der Waals surface area contributed by atoms with E-state index in [4.69, 9.17) is 0 Å². The van der Waals surface area contributed by atoms with Crippen LogP contribution >= 0.6 is 15.9 Å². The Balaban J connectivity index is 2.40. The third-order valence-corrected chi connectivity index (χ3v) is 6.55. The van der Waals surface area contributed by atoms with Gasteiger partial charge in [0.15, 0.2) is 0 Å². The van der Waals surface area contributed by atoms with Gasteiger partial charge in [0, 0.05) is 17.6 Å². The van der Waals surface area contributed by atoms with Crippen LogP contribution in [-0.4, -0.2) is 50.5 Å². The van der Waals surface area contributed by atoms with Crippen molar-refractivity contribution in [3.05, 3.63) is 64.1 Å². The predicted octanol–water partition coefficient (Wildman–Crippen LogP) is 3.08. The number of para-hydroxylation sites is 1. The quantitative estimate of drug-likeness (QED) is 0.562. The lowest BCUT2D eigenvalue weighted by molar-refractivity contribution is -0.139. The molecule has 0 spiro atoms. The number of anilines is 1. The van der Waals surface area contributed by atoms with Gasteiger partial charge in [-0.15, -0.1) is 0 Å². The normalized spacial score (nSPS) is 12.2. The number of benzene rings is 2. The van der Waals surface area contributed by atoms with Crippen LogP contribution in [0.3, 0.4) is 0 Å². The Kier molecular flexibility index (Phi) is 8.64. The molecule has 0 heterocycles. The van der Waals surface area contributed by atoms with Crippen LogP contribution in [-0.2, 0) is 26.2 Å². The van der Waals surface area contributed by atoms with E-state index in [9.17, 15) is 18.0 Å². The third-order valence-electron chi connectivity index (χ3n) is 4.75. The molecule has 7 nitrogen and oxygen atoms in total. The van der Waals surface area contributed by atoms with Crippen molar-refractivity contribution in [2.45, 2.75) is 33.4 Å². The summed E-state index contributed by atoms with van der Waals surface area (Å²) in [5.74, 6) is -0.767. The van der Waals surface area contributed by atoms with Gasteiger partial charge in [0.2, 0.25) is 21.8 Å². The number of amides is 2. The minimum atomic E-state index is -3.75. The molecule has 168 valence electrons. The van der Waals surface area contributed by atoms with Crippen LogP contribution in [0.4, 0.5) is 5.69 Å². The van der Waals surface area contributed by atoms with Gasteiger partial charge < -0.3 is 10.2 Å². The summed E-state index contributed by atoms with van der Waals surface area (Å²) >= 11 is 3.36. The molecule has 0 radical (unpaired) electrons. The molecule has 2 aromatic rings. The fourth-order valence-corrected chi connectivity index (χ4v) is 4.64. The number of halogens is 1. The van der Waals surface area contributed by atoms with Crippen molar-refractivity contribution in [3.8, 4) is 0 Å². The first-order valence-electron chi connectivity index (χ1n) is 9.89. The van der Waals surface area contributed by atoms with Gasteiger partial charge in [-0.2, -0.15) is 0 Å². The zero-order valence-electron chi connectivity index (χ0n) is 18.1. The highest BCUT2D eigenvalue weighted by atomic mass is 79.9. The molecule has 2 rings (SSSR count). The molecule has 2 amide bonds. The molecule has 0 fully saturated rings. The topological polar surface area (TPSA) is 86.8 Å². The van der Waals surface area contributed by atoms with E-state index < -0.39 is 28.5 Å². The predicted molar refractivity (Wildman–Crippen MR) is 126 cm³/mol. The summed E-state index contributed by atoms with van der Waals surface area (Å²) in [5.41, 5.74) is 2.25. The summed E-state index contributed by atoms with van der Waals surface area (Å²) < 4.78 is 26.6. The molecule has 9 heteroatoms. The van der Waals surface area contributed by atoms with Crippen LogP contribution in [0, 0.1) is 6.92 Å². The molecule has 1 atom stereocenters. The van der Waals surface area contributed by atoms with E-state index in [-0.39, 0.29) is 12.5 Å². The fourth-order valence-electron chi connectivity index (χ4n) is 3.16. The maximum absolute atomic E-state index is 13.3. The molecule has 0 saturated carbocycles. The molecular formula is C22H28BrN3O4S. The van der Waals surface area contributed by atoms with E-state index in [0.29, 0.717) is 16.7 Å². The van der Waals surface area contributed by atoms with Crippen molar-refractivity contribution in [1.29, 1.82) is 0 Å². The van der Waals surface area contributed by atoms with Crippen LogP contribution in [0.5, 0.6) is 0 Å². The molecule has 1 N–H and O–H groups in total. The average Bonchev–Trinajstić information content (AvgIpc) is 2.69. The highest BCUT2D eigenvalue weighted by molar-refractivity contribution is 9.10. The molecule has 1 unspecified atom stereocenters. The second-order valence-corrected chi connectivity index (χ2v) is 10.1. The lowest BCUT2D eigenvalue weighted by Gasteiger charge is -2.31. The molecular weight excluding hydrogens is 482 g/mol. The van der Waals surface area contributed by atoms with Gasteiger partial charge >= 0.3 is 0 Å². The first kappa shape index (κ1) is 24.9. The second kappa shape index (κ2) is 10.8. The lowest BCUT2D eigenvalue weighted by Crippen LogP contribution is -2.51. The van der Waals surface area contributed by atoms with Crippen LogP contribution in [0.1, 0.15) is 25.0 Å². The van der Waals surface area contributed by atoms with Crippen molar-refractivity contribution in [2.75, 3.05) is 23.7 Å². The number of hydrogen-bond acceptors (Lipinski definition) is 4.